The monoisotopic (exact) mass is 744 g/mol. The number of fused-ring (bicyclic) bond motifs is 6. The zero-order valence-corrected chi connectivity index (χ0v) is 34.0. The first-order valence-corrected chi connectivity index (χ1v) is 21.5. The van der Waals surface area contributed by atoms with E-state index in [0.717, 1.165) is 54.8 Å². The molecule has 7 heteroatoms. The number of carbonyl (C=O) groups is 2. The minimum Gasteiger partial charge on any atom is -0.507 e. The number of cyclic esters (lactones) is 1. The predicted molar refractivity (Wildman–Crippen MR) is 215 cm³/mol. The average Bonchev–Trinajstić information content (AvgIpc) is 3.48. The number of allylic oxidation sites excluding steroid dienone is 3. The maximum Gasteiger partial charge on any atom is 0.411 e. The number of amides is 1. The van der Waals surface area contributed by atoms with Crippen LogP contribution in [-0.2, 0) is 15.9 Å². The molecule has 4 aliphatic carbocycles. The molecule has 1 aromatic carbocycles. The first-order chi connectivity index (χ1) is 25.8. The molecule has 0 aromatic heterocycles. The summed E-state index contributed by atoms with van der Waals surface area (Å²) < 4.78 is 11.8. The maximum atomic E-state index is 13.2. The summed E-state index contributed by atoms with van der Waals surface area (Å²) in [6, 6.07) is 5.02. The Hall–Kier alpha value is -3.06. The highest BCUT2D eigenvalue weighted by Crippen LogP contribution is 2.67. The minimum atomic E-state index is -0.676. The summed E-state index contributed by atoms with van der Waals surface area (Å²) in [6.07, 6.45) is 23.1. The molecule has 0 bridgehead atoms. The molecule has 0 radical (unpaired) electrons. The molecule has 11 atom stereocenters. The number of esters is 1. The Bertz CT molecular complexity index is 1560. The Morgan fingerprint density at radius 1 is 1.06 bits per heavy atom. The lowest BCUT2D eigenvalue weighted by atomic mass is 9.47. The van der Waals surface area contributed by atoms with Crippen molar-refractivity contribution in [3.63, 3.8) is 0 Å². The highest BCUT2D eigenvalue weighted by atomic mass is 16.6. The van der Waals surface area contributed by atoms with E-state index in [4.69, 9.17) is 9.47 Å². The quantitative estimate of drug-likeness (QED) is 0.172. The van der Waals surface area contributed by atoms with Crippen LogP contribution in [-0.4, -0.2) is 40.6 Å². The Balaban J connectivity index is 1.02. The van der Waals surface area contributed by atoms with Crippen molar-refractivity contribution in [3.05, 3.63) is 65.4 Å². The van der Waals surface area contributed by atoms with Crippen molar-refractivity contribution in [2.45, 2.75) is 156 Å². The van der Waals surface area contributed by atoms with Gasteiger partial charge in [-0.05, 0) is 122 Å². The van der Waals surface area contributed by atoms with Crippen LogP contribution in [0.5, 0.6) is 5.75 Å². The Kier molecular flexibility index (Phi) is 13.1. The second-order valence-corrected chi connectivity index (χ2v) is 18.9. The van der Waals surface area contributed by atoms with Crippen molar-refractivity contribution in [1.29, 1.82) is 0 Å². The third-order valence-electron chi connectivity index (χ3n) is 15.0. The first kappa shape index (κ1) is 40.6. The molecule has 0 spiro atoms. The summed E-state index contributed by atoms with van der Waals surface area (Å²) in [7, 11) is 0. The van der Waals surface area contributed by atoms with E-state index in [9.17, 15) is 19.8 Å². The van der Waals surface area contributed by atoms with Gasteiger partial charge in [-0.15, -0.1) is 0 Å². The molecule has 3 N–H and O–H groups in total. The average molecular weight is 744 g/mol. The molecule has 1 aromatic rings. The number of aliphatic hydroxyl groups excluding tert-OH is 1. The molecule has 54 heavy (non-hydrogen) atoms. The molecule has 298 valence electrons. The lowest BCUT2D eigenvalue weighted by Crippen LogP contribution is -2.51. The van der Waals surface area contributed by atoms with E-state index in [0.29, 0.717) is 30.2 Å². The van der Waals surface area contributed by atoms with Gasteiger partial charge in [0.15, 0.2) is 0 Å². The van der Waals surface area contributed by atoms with Crippen LogP contribution in [0, 0.1) is 52.3 Å². The van der Waals surface area contributed by atoms with Crippen LogP contribution in [0.25, 0.3) is 0 Å². The van der Waals surface area contributed by atoms with Gasteiger partial charge in [-0.25, -0.2) is 9.59 Å². The summed E-state index contributed by atoms with van der Waals surface area (Å²) in [5.41, 5.74) is 3.02. The number of nitrogens with one attached hydrogen (secondary N) is 1. The van der Waals surface area contributed by atoms with Crippen molar-refractivity contribution in [3.8, 4) is 5.75 Å². The lowest BCUT2D eigenvalue weighted by molar-refractivity contribution is -0.0580. The largest absolute Gasteiger partial charge is 0.507 e. The lowest BCUT2D eigenvalue weighted by Gasteiger charge is -2.58. The van der Waals surface area contributed by atoms with E-state index in [2.05, 4.69) is 46.0 Å². The second kappa shape index (κ2) is 17.4. The number of aliphatic hydroxyl groups is 1. The van der Waals surface area contributed by atoms with Gasteiger partial charge in [0, 0.05) is 25.5 Å². The van der Waals surface area contributed by atoms with Crippen molar-refractivity contribution in [1.82, 2.24) is 5.32 Å². The Morgan fingerprint density at radius 2 is 1.87 bits per heavy atom. The van der Waals surface area contributed by atoms with Crippen LogP contribution in [0.3, 0.4) is 0 Å². The summed E-state index contributed by atoms with van der Waals surface area (Å²) >= 11 is 0. The molecular formula is C47H69NO6. The normalized spacial score (nSPS) is 36.1. The van der Waals surface area contributed by atoms with E-state index in [1.165, 1.54) is 63.0 Å². The fourth-order valence-corrected chi connectivity index (χ4v) is 11.9. The molecule has 6 rings (SSSR count). The Labute approximate surface area is 325 Å². The van der Waals surface area contributed by atoms with E-state index < -0.39 is 24.3 Å². The molecule has 0 saturated heterocycles. The fraction of sp³-hybridized carbons (Fsp3) is 0.702. The van der Waals surface area contributed by atoms with Crippen LogP contribution in [0.4, 0.5) is 4.79 Å². The number of hydrogen-bond donors (Lipinski definition) is 3. The van der Waals surface area contributed by atoms with Gasteiger partial charge in [-0.1, -0.05) is 103 Å². The highest BCUT2D eigenvalue weighted by molar-refractivity contribution is 5.94. The number of phenolic OH excluding ortho intramolecular Hbond substituents is 1. The molecule has 4 unspecified atom stereocenters. The molecule has 5 aliphatic rings. The van der Waals surface area contributed by atoms with E-state index in [1.54, 1.807) is 18.3 Å². The van der Waals surface area contributed by atoms with Crippen LogP contribution in [0.2, 0.25) is 0 Å². The zero-order valence-electron chi connectivity index (χ0n) is 34.0. The van der Waals surface area contributed by atoms with E-state index in [-0.39, 0.29) is 35.2 Å². The van der Waals surface area contributed by atoms with E-state index >= 15 is 0 Å². The van der Waals surface area contributed by atoms with Crippen molar-refractivity contribution in [2.75, 3.05) is 0 Å². The maximum absolute atomic E-state index is 13.2. The predicted octanol–water partition coefficient (Wildman–Crippen LogP) is 10.8. The van der Waals surface area contributed by atoms with Crippen LogP contribution < -0.4 is 5.32 Å². The standard InChI is InChI=1S/C47H69NO6/c1-30(2)12-9-14-31(3)38-21-22-39-37-20-19-34-28-36(23-25-46(34,5)40(37)24-26-47(38,39)6)54-45(52)48-27-11-17-35-29-42(50)32(4)13-7-8-15-33-16-10-18-41(49)43(33)44(51)53-35/h7-8,10-11,16,18-19,27,30-32,35-40,42,49-50H,9,12-15,17,20-26,28-29H2,1-6H3,(H,48,52)/t31-,32+,35+,36?,37?,38-,39?,40?,42-,46+,47-/m1/s1. The van der Waals surface area contributed by atoms with Gasteiger partial charge in [-0.2, -0.15) is 0 Å². The van der Waals surface area contributed by atoms with Gasteiger partial charge in [0.05, 0.1) is 6.10 Å². The molecular weight excluding hydrogens is 675 g/mol. The number of carbonyl (C=O) groups excluding carboxylic acids is 2. The van der Waals surface area contributed by atoms with Gasteiger partial charge in [0.2, 0.25) is 0 Å². The SMILES string of the molecule is CC(C)CCC[C@@H](C)[C@H]1CCC2C3CC=C4CC(OC(=O)NC=CC[C@H]5C[C@@H](O)[C@@H](C)CC=CCc6cccc(O)c6C(=O)O5)CC[C@]4(C)C3CC[C@@]21C. The number of hydrogen-bond acceptors (Lipinski definition) is 6. The molecule has 1 heterocycles. The fourth-order valence-electron chi connectivity index (χ4n) is 11.9. The molecule has 1 amide bonds. The summed E-state index contributed by atoms with van der Waals surface area (Å²) in [5, 5.41) is 24.2. The summed E-state index contributed by atoms with van der Waals surface area (Å²) in [6.45, 7) is 14.4. The number of benzene rings is 1. The second-order valence-electron chi connectivity index (χ2n) is 18.9. The third-order valence-corrected chi connectivity index (χ3v) is 15.0. The topological polar surface area (TPSA) is 105 Å². The smallest absolute Gasteiger partial charge is 0.411 e. The number of alkyl carbamates (subject to hydrolysis) is 1. The number of aromatic hydroxyl groups is 1. The van der Waals surface area contributed by atoms with Crippen LogP contribution in [0.1, 0.15) is 147 Å². The summed E-state index contributed by atoms with van der Waals surface area (Å²) in [4.78, 5) is 26.2. The van der Waals surface area contributed by atoms with Crippen molar-refractivity contribution in [2.24, 2.45) is 52.3 Å². The van der Waals surface area contributed by atoms with Gasteiger partial charge in [0.1, 0.15) is 23.5 Å². The summed E-state index contributed by atoms with van der Waals surface area (Å²) in [5.74, 6) is 4.05. The third kappa shape index (κ3) is 8.82. The molecule has 1 aliphatic heterocycles. The van der Waals surface area contributed by atoms with Gasteiger partial charge in [0.25, 0.3) is 0 Å². The zero-order chi connectivity index (χ0) is 38.6. The highest BCUT2D eigenvalue weighted by Gasteiger charge is 2.59. The van der Waals surface area contributed by atoms with Crippen LogP contribution >= 0.6 is 0 Å². The first-order valence-electron chi connectivity index (χ1n) is 21.5. The van der Waals surface area contributed by atoms with Gasteiger partial charge >= 0.3 is 12.1 Å². The van der Waals surface area contributed by atoms with E-state index in [1.807, 2.05) is 25.1 Å². The minimum absolute atomic E-state index is 0.0171. The van der Waals surface area contributed by atoms with Gasteiger partial charge < -0.3 is 19.7 Å². The molecule has 3 fully saturated rings. The number of ether oxygens (including phenoxy) is 2. The van der Waals surface area contributed by atoms with Gasteiger partial charge in [-0.3, -0.25) is 5.32 Å². The van der Waals surface area contributed by atoms with Crippen molar-refractivity contribution >= 4 is 12.1 Å². The molecule has 3 saturated carbocycles. The van der Waals surface area contributed by atoms with Crippen LogP contribution in [0.15, 0.2) is 54.3 Å². The van der Waals surface area contributed by atoms with Crippen molar-refractivity contribution < 1.29 is 29.3 Å². The molecule has 7 nitrogen and oxygen atoms in total. The number of rotatable bonds is 9. The number of phenols is 1. The Morgan fingerprint density at radius 3 is 2.67 bits per heavy atom.